The van der Waals surface area contributed by atoms with Crippen molar-refractivity contribution in [2.24, 2.45) is 5.92 Å². The van der Waals surface area contributed by atoms with Crippen molar-refractivity contribution in [3.05, 3.63) is 48.2 Å². The van der Waals surface area contributed by atoms with Gasteiger partial charge < -0.3 is 14.8 Å². The van der Waals surface area contributed by atoms with Crippen molar-refractivity contribution in [1.29, 1.82) is 0 Å². The van der Waals surface area contributed by atoms with Gasteiger partial charge >= 0.3 is 0 Å². The van der Waals surface area contributed by atoms with Crippen molar-refractivity contribution < 1.29 is 14.3 Å². The molecule has 1 aliphatic heterocycles. The van der Waals surface area contributed by atoms with E-state index in [1.165, 1.54) is 6.92 Å². The fraction of sp³-hybridized carbons (Fsp3) is 0.333. The Morgan fingerprint density at radius 3 is 2.88 bits per heavy atom. The first-order valence-corrected chi connectivity index (χ1v) is 8.73. The molecule has 0 fully saturated rings. The van der Waals surface area contributed by atoms with Crippen LogP contribution in [0.3, 0.4) is 0 Å². The predicted octanol–water partition coefficient (Wildman–Crippen LogP) is 4.58. The molecule has 1 unspecified atom stereocenters. The molecule has 5 nitrogen and oxygen atoms in total. The van der Waals surface area contributed by atoms with Gasteiger partial charge in [-0.05, 0) is 43.0 Å². The lowest BCUT2D eigenvalue weighted by molar-refractivity contribution is -0.114. The summed E-state index contributed by atoms with van der Waals surface area (Å²) >= 11 is 0. The van der Waals surface area contributed by atoms with Crippen LogP contribution in [0.1, 0.15) is 32.8 Å². The molecule has 136 valence electrons. The highest BCUT2D eigenvalue weighted by atomic mass is 16.5. The van der Waals surface area contributed by atoms with Crippen molar-refractivity contribution in [2.75, 3.05) is 11.9 Å². The van der Waals surface area contributed by atoms with Crippen LogP contribution in [0, 0.1) is 5.92 Å². The molecule has 0 spiro atoms. The average Bonchev–Trinajstić information content (AvgIpc) is 2.58. The summed E-state index contributed by atoms with van der Waals surface area (Å²) in [6.45, 7) is 10.7. The first-order chi connectivity index (χ1) is 12.4. The number of hydrogen-bond donors (Lipinski definition) is 1. The highest BCUT2D eigenvalue weighted by molar-refractivity contribution is 5.89. The standard InChI is InChI=1S/C21H24N2O3/c1-13(2)7-14(3)11-25-17-5-6-18-19-9-21(23-15(4)24)22-10-16(19)12-26-20(18)8-17/h5-6,8-10,14H,1,7,11-12H2,2-4H3,(H,22,23,24). The number of amides is 1. The fourth-order valence-corrected chi connectivity index (χ4v) is 3.08. The summed E-state index contributed by atoms with van der Waals surface area (Å²) in [5.74, 6) is 2.38. The number of anilines is 1. The summed E-state index contributed by atoms with van der Waals surface area (Å²) in [6, 6.07) is 7.74. The molecule has 1 aliphatic rings. The van der Waals surface area contributed by atoms with Gasteiger partial charge in [-0.3, -0.25) is 4.79 Å². The molecule has 0 bridgehead atoms. The van der Waals surface area contributed by atoms with E-state index in [1.54, 1.807) is 6.20 Å². The largest absolute Gasteiger partial charge is 0.493 e. The van der Waals surface area contributed by atoms with E-state index in [4.69, 9.17) is 9.47 Å². The van der Waals surface area contributed by atoms with Gasteiger partial charge in [-0.1, -0.05) is 12.5 Å². The molecular weight excluding hydrogens is 328 g/mol. The van der Waals surface area contributed by atoms with Gasteiger partial charge in [0.25, 0.3) is 0 Å². The number of hydrogen-bond acceptors (Lipinski definition) is 4. The van der Waals surface area contributed by atoms with E-state index in [9.17, 15) is 4.79 Å². The zero-order valence-electron chi connectivity index (χ0n) is 15.5. The van der Waals surface area contributed by atoms with Crippen LogP contribution in [0.25, 0.3) is 11.1 Å². The summed E-state index contributed by atoms with van der Waals surface area (Å²) < 4.78 is 11.8. The lowest BCUT2D eigenvalue weighted by Gasteiger charge is -2.22. The topological polar surface area (TPSA) is 60.5 Å². The molecule has 5 heteroatoms. The van der Waals surface area contributed by atoms with Gasteiger partial charge in [0.1, 0.15) is 23.9 Å². The van der Waals surface area contributed by atoms with Gasteiger partial charge in [0.15, 0.2) is 0 Å². The van der Waals surface area contributed by atoms with Gasteiger partial charge in [0.05, 0.1) is 6.61 Å². The van der Waals surface area contributed by atoms with Crippen molar-refractivity contribution in [2.45, 2.75) is 33.8 Å². The highest BCUT2D eigenvalue weighted by Crippen LogP contribution is 2.40. The Morgan fingerprint density at radius 2 is 2.15 bits per heavy atom. The van der Waals surface area contributed by atoms with E-state index in [0.717, 1.165) is 40.2 Å². The van der Waals surface area contributed by atoms with Gasteiger partial charge in [-0.15, -0.1) is 6.58 Å². The van der Waals surface area contributed by atoms with Crippen molar-refractivity contribution >= 4 is 11.7 Å². The number of pyridine rings is 1. The van der Waals surface area contributed by atoms with Crippen LogP contribution in [0.5, 0.6) is 11.5 Å². The van der Waals surface area contributed by atoms with Crippen LogP contribution in [-0.4, -0.2) is 17.5 Å². The maximum Gasteiger partial charge on any atom is 0.222 e. The van der Waals surface area contributed by atoms with Crippen LogP contribution in [0.2, 0.25) is 0 Å². The van der Waals surface area contributed by atoms with Crippen LogP contribution < -0.4 is 14.8 Å². The first-order valence-electron chi connectivity index (χ1n) is 8.73. The quantitative estimate of drug-likeness (QED) is 0.773. The molecular formula is C21H24N2O3. The summed E-state index contributed by atoms with van der Waals surface area (Å²) in [6.07, 6.45) is 2.70. The second kappa shape index (κ2) is 7.60. The van der Waals surface area contributed by atoms with E-state index in [-0.39, 0.29) is 5.91 Å². The summed E-state index contributed by atoms with van der Waals surface area (Å²) in [5.41, 5.74) is 4.15. The summed E-state index contributed by atoms with van der Waals surface area (Å²) in [7, 11) is 0. The number of rotatable bonds is 6. The maximum atomic E-state index is 11.3. The number of ether oxygens (including phenoxy) is 2. The molecule has 1 atom stereocenters. The minimum absolute atomic E-state index is 0.141. The van der Waals surface area contributed by atoms with Crippen molar-refractivity contribution in [3.63, 3.8) is 0 Å². The lowest BCUT2D eigenvalue weighted by Crippen LogP contribution is -2.11. The Hall–Kier alpha value is -2.82. The van der Waals surface area contributed by atoms with Crippen LogP contribution >= 0.6 is 0 Å². The van der Waals surface area contributed by atoms with E-state index in [0.29, 0.717) is 24.9 Å². The zero-order chi connectivity index (χ0) is 18.7. The van der Waals surface area contributed by atoms with Gasteiger partial charge in [-0.2, -0.15) is 0 Å². The monoisotopic (exact) mass is 352 g/mol. The van der Waals surface area contributed by atoms with E-state index >= 15 is 0 Å². The minimum atomic E-state index is -0.141. The second-order valence-electron chi connectivity index (χ2n) is 6.93. The molecule has 26 heavy (non-hydrogen) atoms. The smallest absolute Gasteiger partial charge is 0.222 e. The molecule has 0 saturated carbocycles. The number of nitrogens with zero attached hydrogens (tertiary/aromatic N) is 1. The molecule has 1 aromatic heterocycles. The van der Waals surface area contributed by atoms with E-state index < -0.39 is 0 Å². The summed E-state index contributed by atoms with van der Waals surface area (Å²) in [4.78, 5) is 15.5. The molecule has 3 rings (SSSR count). The Kier molecular flexibility index (Phi) is 5.26. The van der Waals surface area contributed by atoms with Gasteiger partial charge in [0.2, 0.25) is 5.91 Å². The molecule has 1 amide bonds. The predicted molar refractivity (Wildman–Crippen MR) is 102 cm³/mol. The number of carbonyl (C=O) groups excluding carboxylic acids is 1. The van der Waals surface area contributed by atoms with Gasteiger partial charge in [0, 0.05) is 30.3 Å². The third-order valence-corrected chi connectivity index (χ3v) is 4.15. The average molecular weight is 352 g/mol. The van der Waals surface area contributed by atoms with Crippen molar-refractivity contribution in [1.82, 2.24) is 4.98 Å². The van der Waals surface area contributed by atoms with E-state index in [2.05, 4.69) is 23.8 Å². The lowest BCUT2D eigenvalue weighted by atomic mass is 9.98. The SMILES string of the molecule is C=C(C)CC(C)COc1ccc2c(c1)OCc1cnc(NC(C)=O)cc1-2. The first kappa shape index (κ1) is 18.0. The number of carbonyl (C=O) groups is 1. The third-order valence-electron chi connectivity index (χ3n) is 4.15. The molecule has 2 heterocycles. The Bertz CT molecular complexity index is 845. The number of allylic oxidation sites excluding steroid dienone is 1. The van der Waals surface area contributed by atoms with Gasteiger partial charge in [-0.25, -0.2) is 4.98 Å². The molecule has 0 saturated heterocycles. The summed E-state index contributed by atoms with van der Waals surface area (Å²) in [5, 5.41) is 2.72. The fourth-order valence-electron chi connectivity index (χ4n) is 3.08. The number of aromatic nitrogens is 1. The third kappa shape index (κ3) is 4.23. The molecule has 2 aromatic rings. The normalized spacial score (nSPS) is 13.0. The Morgan fingerprint density at radius 1 is 1.35 bits per heavy atom. The zero-order valence-corrected chi connectivity index (χ0v) is 15.5. The molecule has 0 aliphatic carbocycles. The molecule has 1 N–H and O–H groups in total. The van der Waals surface area contributed by atoms with Crippen LogP contribution in [-0.2, 0) is 11.4 Å². The van der Waals surface area contributed by atoms with Crippen molar-refractivity contribution in [3.8, 4) is 22.6 Å². The number of nitrogens with one attached hydrogen (secondary N) is 1. The van der Waals surface area contributed by atoms with Crippen LogP contribution in [0.4, 0.5) is 5.82 Å². The molecule has 1 aromatic carbocycles. The highest BCUT2D eigenvalue weighted by Gasteiger charge is 2.19. The Labute approximate surface area is 154 Å². The molecule has 0 radical (unpaired) electrons. The van der Waals surface area contributed by atoms with E-state index in [1.807, 2.05) is 31.2 Å². The number of fused-ring (bicyclic) bond motifs is 3. The number of benzene rings is 1. The second-order valence-corrected chi connectivity index (χ2v) is 6.93. The van der Waals surface area contributed by atoms with Crippen LogP contribution in [0.15, 0.2) is 42.6 Å². The minimum Gasteiger partial charge on any atom is -0.493 e. The maximum absolute atomic E-state index is 11.3. The Balaban J connectivity index is 1.79.